The maximum atomic E-state index is 12.7. The van der Waals surface area contributed by atoms with Gasteiger partial charge in [-0.1, -0.05) is 46.6 Å². The molecule has 0 saturated carbocycles. The van der Waals surface area contributed by atoms with Crippen molar-refractivity contribution in [1.82, 2.24) is 24.5 Å². The molecule has 0 aliphatic heterocycles. The van der Waals surface area contributed by atoms with E-state index in [4.69, 9.17) is 11.6 Å². The largest absolute Gasteiger partial charge is 0.293 e. The Morgan fingerprint density at radius 2 is 1.92 bits per heavy atom. The van der Waals surface area contributed by atoms with Gasteiger partial charge in [0.2, 0.25) is 0 Å². The Bertz CT molecular complexity index is 1110. The SMILES string of the molecule is Cc1cccc(Cn2cnc3c(nnn3-c3ccc(Cl)cc3)c2=O)c1. The van der Waals surface area contributed by atoms with Gasteiger partial charge in [-0.3, -0.25) is 9.36 Å². The monoisotopic (exact) mass is 351 g/mol. The molecule has 124 valence electrons. The van der Waals surface area contributed by atoms with Crippen molar-refractivity contribution in [2.45, 2.75) is 13.5 Å². The van der Waals surface area contributed by atoms with Crippen LogP contribution in [0.4, 0.5) is 0 Å². The van der Waals surface area contributed by atoms with Crippen molar-refractivity contribution in [2.24, 2.45) is 0 Å². The number of hydrogen-bond acceptors (Lipinski definition) is 4. The van der Waals surface area contributed by atoms with E-state index in [0.29, 0.717) is 17.2 Å². The van der Waals surface area contributed by atoms with Crippen LogP contribution in [0.1, 0.15) is 11.1 Å². The number of rotatable bonds is 3. The first-order valence-corrected chi connectivity index (χ1v) is 8.12. The molecule has 7 heteroatoms. The van der Waals surface area contributed by atoms with E-state index < -0.39 is 0 Å². The number of nitrogens with zero attached hydrogens (tertiary/aromatic N) is 5. The second-order valence-corrected chi connectivity index (χ2v) is 6.25. The zero-order valence-electron chi connectivity index (χ0n) is 13.4. The fraction of sp³-hybridized carbons (Fsp3) is 0.111. The lowest BCUT2D eigenvalue weighted by Gasteiger charge is -2.06. The molecule has 25 heavy (non-hydrogen) atoms. The topological polar surface area (TPSA) is 65.6 Å². The number of hydrogen-bond donors (Lipinski definition) is 0. The molecule has 0 atom stereocenters. The van der Waals surface area contributed by atoms with E-state index >= 15 is 0 Å². The standard InChI is InChI=1S/C18H14ClN5O/c1-12-3-2-4-13(9-12)10-23-11-20-17-16(18(23)25)21-22-24(17)15-7-5-14(19)6-8-15/h2-9,11H,10H2,1H3. The predicted octanol–water partition coefficient (Wildman–Crippen LogP) is 2.99. The number of aromatic nitrogens is 5. The summed E-state index contributed by atoms with van der Waals surface area (Å²) in [6.45, 7) is 2.46. The van der Waals surface area contributed by atoms with Gasteiger partial charge >= 0.3 is 0 Å². The third-order valence-corrected chi connectivity index (χ3v) is 4.19. The van der Waals surface area contributed by atoms with Gasteiger partial charge in [0, 0.05) is 5.02 Å². The van der Waals surface area contributed by atoms with E-state index in [-0.39, 0.29) is 11.1 Å². The van der Waals surface area contributed by atoms with Crippen LogP contribution < -0.4 is 5.56 Å². The minimum atomic E-state index is -0.216. The minimum Gasteiger partial charge on any atom is -0.293 e. The second kappa shape index (κ2) is 6.14. The lowest BCUT2D eigenvalue weighted by atomic mass is 10.1. The highest BCUT2D eigenvalue weighted by Crippen LogP contribution is 2.15. The van der Waals surface area contributed by atoms with Crippen LogP contribution in [0.2, 0.25) is 5.02 Å². The molecule has 0 saturated heterocycles. The number of aryl methyl sites for hydroxylation is 1. The highest BCUT2D eigenvalue weighted by Gasteiger charge is 2.13. The van der Waals surface area contributed by atoms with Crippen LogP contribution in [0.5, 0.6) is 0 Å². The van der Waals surface area contributed by atoms with Crippen LogP contribution in [-0.2, 0) is 6.54 Å². The minimum absolute atomic E-state index is 0.216. The van der Waals surface area contributed by atoms with E-state index in [2.05, 4.69) is 15.3 Å². The van der Waals surface area contributed by atoms with E-state index in [9.17, 15) is 4.79 Å². The molecule has 4 aromatic rings. The highest BCUT2D eigenvalue weighted by atomic mass is 35.5. The molecule has 0 spiro atoms. The Hall–Kier alpha value is -2.99. The van der Waals surface area contributed by atoms with Gasteiger partial charge in [-0.15, -0.1) is 5.10 Å². The van der Waals surface area contributed by atoms with Gasteiger partial charge in [-0.2, -0.15) is 4.68 Å². The molecule has 0 bridgehead atoms. The van der Waals surface area contributed by atoms with Crippen molar-refractivity contribution < 1.29 is 0 Å². The molecule has 2 aromatic heterocycles. The molecule has 6 nitrogen and oxygen atoms in total. The smallest absolute Gasteiger partial charge is 0.283 e. The number of benzene rings is 2. The third kappa shape index (κ3) is 2.92. The van der Waals surface area contributed by atoms with Gasteiger partial charge in [-0.05, 0) is 36.8 Å². The molecule has 0 aliphatic rings. The molecule has 0 unspecified atom stereocenters. The maximum Gasteiger partial charge on any atom is 0.283 e. The van der Waals surface area contributed by atoms with Crippen molar-refractivity contribution in [2.75, 3.05) is 0 Å². The van der Waals surface area contributed by atoms with Crippen molar-refractivity contribution in [3.63, 3.8) is 0 Å². The molecule has 4 rings (SSSR count). The van der Waals surface area contributed by atoms with E-state index in [1.165, 1.54) is 15.6 Å². The van der Waals surface area contributed by atoms with Crippen LogP contribution in [0, 0.1) is 6.92 Å². The van der Waals surface area contributed by atoms with E-state index in [0.717, 1.165) is 16.8 Å². The van der Waals surface area contributed by atoms with Crippen LogP contribution in [0.15, 0.2) is 59.7 Å². The molecule has 0 fully saturated rings. The summed E-state index contributed by atoms with van der Waals surface area (Å²) in [5.41, 5.74) is 3.38. The van der Waals surface area contributed by atoms with Crippen LogP contribution in [0.3, 0.4) is 0 Å². The van der Waals surface area contributed by atoms with E-state index in [1.54, 1.807) is 24.3 Å². The van der Waals surface area contributed by atoms with Crippen molar-refractivity contribution in [1.29, 1.82) is 0 Å². The first-order valence-electron chi connectivity index (χ1n) is 7.74. The molecule has 0 radical (unpaired) electrons. The van der Waals surface area contributed by atoms with Crippen molar-refractivity contribution in [3.8, 4) is 5.69 Å². The molecule has 2 heterocycles. The van der Waals surface area contributed by atoms with Gasteiger partial charge < -0.3 is 0 Å². The molecule has 2 aromatic carbocycles. The van der Waals surface area contributed by atoms with Gasteiger partial charge in [0.1, 0.15) is 6.33 Å². The summed E-state index contributed by atoms with van der Waals surface area (Å²) in [5, 5.41) is 8.71. The van der Waals surface area contributed by atoms with Crippen molar-refractivity contribution in [3.05, 3.63) is 81.4 Å². The maximum absolute atomic E-state index is 12.7. The first kappa shape index (κ1) is 15.5. The number of fused-ring (bicyclic) bond motifs is 1. The van der Waals surface area contributed by atoms with E-state index in [1.807, 2.05) is 31.2 Å². The number of halogens is 1. The summed E-state index contributed by atoms with van der Waals surface area (Å²) in [7, 11) is 0. The molecule has 0 N–H and O–H groups in total. The van der Waals surface area contributed by atoms with Crippen LogP contribution in [0.25, 0.3) is 16.9 Å². The fourth-order valence-corrected chi connectivity index (χ4v) is 2.85. The Labute approximate surface area is 148 Å². The summed E-state index contributed by atoms with van der Waals surface area (Å²) < 4.78 is 3.07. The summed E-state index contributed by atoms with van der Waals surface area (Å²) in [6, 6.07) is 15.1. The first-order chi connectivity index (χ1) is 12.1. The molecular formula is C18H14ClN5O. The average Bonchev–Trinajstić information content (AvgIpc) is 3.03. The summed E-state index contributed by atoms with van der Waals surface area (Å²) in [4.78, 5) is 17.1. The Morgan fingerprint density at radius 3 is 2.68 bits per heavy atom. The van der Waals surface area contributed by atoms with Crippen molar-refractivity contribution >= 4 is 22.8 Å². The second-order valence-electron chi connectivity index (χ2n) is 5.82. The Kier molecular flexibility index (Phi) is 3.82. The van der Waals surface area contributed by atoms with Crippen LogP contribution in [-0.4, -0.2) is 24.5 Å². The zero-order chi connectivity index (χ0) is 17.4. The summed E-state index contributed by atoms with van der Waals surface area (Å²) in [5.74, 6) is 0. The Balaban J connectivity index is 1.77. The molecular weight excluding hydrogens is 338 g/mol. The van der Waals surface area contributed by atoms with Gasteiger partial charge in [0.15, 0.2) is 11.2 Å². The van der Waals surface area contributed by atoms with Gasteiger partial charge in [0.05, 0.1) is 12.2 Å². The Morgan fingerprint density at radius 1 is 1.12 bits per heavy atom. The molecule has 0 aliphatic carbocycles. The lowest BCUT2D eigenvalue weighted by Crippen LogP contribution is -2.21. The average molecular weight is 352 g/mol. The normalized spacial score (nSPS) is 11.1. The summed E-state index contributed by atoms with van der Waals surface area (Å²) >= 11 is 5.91. The van der Waals surface area contributed by atoms with Gasteiger partial charge in [0.25, 0.3) is 5.56 Å². The highest BCUT2D eigenvalue weighted by molar-refractivity contribution is 6.30. The zero-order valence-corrected chi connectivity index (χ0v) is 14.2. The quantitative estimate of drug-likeness (QED) is 0.569. The lowest BCUT2D eigenvalue weighted by molar-refractivity contribution is 0.744. The predicted molar refractivity (Wildman–Crippen MR) is 96.2 cm³/mol. The third-order valence-electron chi connectivity index (χ3n) is 3.94. The van der Waals surface area contributed by atoms with Crippen LogP contribution >= 0.6 is 11.6 Å². The molecule has 0 amide bonds. The fourth-order valence-electron chi connectivity index (χ4n) is 2.72. The summed E-state index contributed by atoms with van der Waals surface area (Å²) in [6.07, 6.45) is 1.53. The van der Waals surface area contributed by atoms with Gasteiger partial charge in [-0.25, -0.2) is 4.98 Å².